The molecule has 0 N–H and O–H groups in total. The van der Waals surface area contributed by atoms with E-state index in [1.54, 1.807) is 0 Å². The first-order chi connectivity index (χ1) is 6.92. The van der Waals surface area contributed by atoms with Crippen LogP contribution in [-0.2, 0) is 6.42 Å². The molecule has 1 aromatic carbocycles. The van der Waals surface area contributed by atoms with E-state index >= 15 is 0 Å². The van der Waals surface area contributed by atoms with Crippen molar-refractivity contribution in [3.05, 3.63) is 42.5 Å². The highest BCUT2D eigenvalue weighted by molar-refractivity contribution is 6.18. The molecule has 0 radical (unpaired) electrons. The van der Waals surface area contributed by atoms with Gasteiger partial charge in [-0.1, -0.05) is 30.3 Å². The number of benzene rings is 1. The third-order valence-corrected chi connectivity index (χ3v) is 2.20. The smallest absolute Gasteiger partial charge is 0.181 e. The third kappa shape index (κ3) is 1.80. The van der Waals surface area contributed by atoms with E-state index in [-0.39, 0.29) is 0 Å². The molecule has 2 aromatic rings. The Hall–Kier alpha value is -1.28. The molecule has 0 aliphatic heterocycles. The lowest BCUT2D eigenvalue weighted by atomic mass is 10.1. The van der Waals surface area contributed by atoms with Crippen molar-refractivity contribution in [2.75, 3.05) is 5.88 Å². The van der Waals surface area contributed by atoms with Crippen LogP contribution >= 0.6 is 11.6 Å². The lowest BCUT2D eigenvalue weighted by Gasteiger charge is -1.98. The van der Waals surface area contributed by atoms with Gasteiger partial charge >= 0.3 is 0 Å². The van der Waals surface area contributed by atoms with E-state index in [2.05, 4.69) is 4.98 Å². The summed E-state index contributed by atoms with van der Waals surface area (Å²) in [4.78, 5) is 4.18. The summed E-state index contributed by atoms with van der Waals surface area (Å²) in [6, 6.07) is 9.96. The van der Waals surface area contributed by atoms with E-state index < -0.39 is 0 Å². The summed E-state index contributed by atoms with van der Waals surface area (Å²) in [5.74, 6) is 1.40. The van der Waals surface area contributed by atoms with Crippen LogP contribution in [0.2, 0.25) is 0 Å². The SMILES string of the molecule is ClCCc1ocnc1-c1ccccc1. The average Bonchev–Trinajstić information content (AvgIpc) is 2.68. The summed E-state index contributed by atoms with van der Waals surface area (Å²) < 4.78 is 5.26. The maximum Gasteiger partial charge on any atom is 0.181 e. The number of rotatable bonds is 3. The molecule has 0 aliphatic rings. The Morgan fingerprint density at radius 1 is 1.21 bits per heavy atom. The van der Waals surface area contributed by atoms with E-state index in [0.717, 1.165) is 17.0 Å². The molecule has 14 heavy (non-hydrogen) atoms. The van der Waals surface area contributed by atoms with Gasteiger partial charge in [-0.15, -0.1) is 11.6 Å². The van der Waals surface area contributed by atoms with Crippen molar-refractivity contribution in [2.45, 2.75) is 6.42 Å². The molecule has 0 bridgehead atoms. The number of aryl methyl sites for hydroxylation is 1. The van der Waals surface area contributed by atoms with Crippen LogP contribution < -0.4 is 0 Å². The lowest BCUT2D eigenvalue weighted by Crippen LogP contribution is -1.87. The Kier molecular flexibility index (Phi) is 2.84. The fourth-order valence-corrected chi connectivity index (χ4v) is 1.54. The van der Waals surface area contributed by atoms with Crippen LogP contribution in [-0.4, -0.2) is 10.9 Å². The topological polar surface area (TPSA) is 26.0 Å². The number of halogens is 1. The van der Waals surface area contributed by atoms with Crippen molar-refractivity contribution in [3.8, 4) is 11.3 Å². The Morgan fingerprint density at radius 2 is 2.00 bits per heavy atom. The van der Waals surface area contributed by atoms with Crippen molar-refractivity contribution in [1.82, 2.24) is 4.98 Å². The molecule has 1 heterocycles. The maximum absolute atomic E-state index is 5.66. The summed E-state index contributed by atoms with van der Waals surface area (Å²) in [7, 11) is 0. The highest BCUT2D eigenvalue weighted by Crippen LogP contribution is 2.22. The lowest BCUT2D eigenvalue weighted by molar-refractivity contribution is 0.511. The van der Waals surface area contributed by atoms with Gasteiger partial charge in [0.2, 0.25) is 0 Å². The van der Waals surface area contributed by atoms with Gasteiger partial charge in [-0.05, 0) is 0 Å². The summed E-state index contributed by atoms with van der Waals surface area (Å²) in [6.45, 7) is 0. The van der Waals surface area contributed by atoms with E-state index in [4.69, 9.17) is 16.0 Å². The number of hydrogen-bond donors (Lipinski definition) is 0. The molecule has 0 aliphatic carbocycles. The molecule has 1 aromatic heterocycles. The van der Waals surface area contributed by atoms with Gasteiger partial charge in [0.15, 0.2) is 6.39 Å². The van der Waals surface area contributed by atoms with Gasteiger partial charge in [0.05, 0.1) is 0 Å². The normalized spacial score (nSPS) is 10.4. The van der Waals surface area contributed by atoms with Crippen molar-refractivity contribution < 1.29 is 4.42 Å². The highest BCUT2D eigenvalue weighted by Gasteiger charge is 2.08. The van der Waals surface area contributed by atoms with Crippen LogP contribution in [0, 0.1) is 0 Å². The zero-order valence-electron chi connectivity index (χ0n) is 7.61. The van der Waals surface area contributed by atoms with E-state index in [9.17, 15) is 0 Å². The predicted molar refractivity (Wildman–Crippen MR) is 56.4 cm³/mol. The van der Waals surface area contributed by atoms with Gasteiger partial charge in [0.1, 0.15) is 11.5 Å². The van der Waals surface area contributed by atoms with Gasteiger partial charge in [-0.3, -0.25) is 0 Å². The van der Waals surface area contributed by atoms with E-state index in [0.29, 0.717) is 12.3 Å². The molecule has 2 rings (SSSR count). The Balaban J connectivity index is 2.37. The molecule has 0 atom stereocenters. The van der Waals surface area contributed by atoms with E-state index in [1.807, 2.05) is 30.3 Å². The first-order valence-corrected chi connectivity index (χ1v) is 4.99. The Morgan fingerprint density at radius 3 is 2.71 bits per heavy atom. The number of alkyl halides is 1. The second kappa shape index (κ2) is 4.29. The Bertz CT molecular complexity index is 397. The largest absolute Gasteiger partial charge is 0.448 e. The van der Waals surface area contributed by atoms with Crippen molar-refractivity contribution in [2.24, 2.45) is 0 Å². The monoisotopic (exact) mass is 207 g/mol. The molecule has 0 spiro atoms. The third-order valence-electron chi connectivity index (χ3n) is 2.01. The summed E-state index contributed by atoms with van der Waals surface area (Å²) in [5.41, 5.74) is 1.97. The second-order valence-electron chi connectivity index (χ2n) is 2.93. The molecule has 0 saturated carbocycles. The number of nitrogens with zero attached hydrogens (tertiary/aromatic N) is 1. The zero-order chi connectivity index (χ0) is 9.80. The van der Waals surface area contributed by atoms with Crippen LogP contribution in [0.1, 0.15) is 5.76 Å². The quantitative estimate of drug-likeness (QED) is 0.723. The Labute approximate surface area is 87.5 Å². The summed E-state index contributed by atoms with van der Waals surface area (Å²) >= 11 is 5.66. The highest BCUT2D eigenvalue weighted by atomic mass is 35.5. The standard InChI is InChI=1S/C11H10ClNO/c12-7-6-10-11(13-8-14-10)9-4-2-1-3-5-9/h1-5,8H,6-7H2. The molecule has 0 unspecified atom stereocenters. The second-order valence-corrected chi connectivity index (χ2v) is 3.31. The fourth-order valence-electron chi connectivity index (χ4n) is 1.37. The maximum atomic E-state index is 5.66. The molecule has 72 valence electrons. The van der Waals surface area contributed by atoms with Crippen LogP contribution in [0.5, 0.6) is 0 Å². The number of oxazole rings is 1. The molecular weight excluding hydrogens is 198 g/mol. The fraction of sp³-hybridized carbons (Fsp3) is 0.182. The minimum Gasteiger partial charge on any atom is -0.448 e. The predicted octanol–water partition coefficient (Wildman–Crippen LogP) is 3.12. The van der Waals surface area contributed by atoms with E-state index in [1.165, 1.54) is 6.39 Å². The average molecular weight is 208 g/mol. The minimum atomic E-state index is 0.551. The summed E-state index contributed by atoms with van der Waals surface area (Å²) in [6.07, 6.45) is 2.18. The molecule has 0 saturated heterocycles. The van der Waals surface area contributed by atoms with Gasteiger partial charge in [0, 0.05) is 17.9 Å². The number of aromatic nitrogens is 1. The molecule has 2 nitrogen and oxygen atoms in total. The minimum absolute atomic E-state index is 0.551. The van der Waals surface area contributed by atoms with Crippen molar-refractivity contribution in [1.29, 1.82) is 0 Å². The zero-order valence-corrected chi connectivity index (χ0v) is 8.37. The van der Waals surface area contributed by atoms with Gasteiger partial charge < -0.3 is 4.42 Å². The molecular formula is C11H10ClNO. The molecule has 0 amide bonds. The van der Waals surface area contributed by atoms with Crippen LogP contribution in [0.15, 0.2) is 41.1 Å². The molecule has 3 heteroatoms. The van der Waals surface area contributed by atoms with Crippen LogP contribution in [0.3, 0.4) is 0 Å². The van der Waals surface area contributed by atoms with Gasteiger partial charge in [-0.25, -0.2) is 4.98 Å². The van der Waals surface area contributed by atoms with Gasteiger partial charge in [-0.2, -0.15) is 0 Å². The van der Waals surface area contributed by atoms with Crippen LogP contribution in [0.4, 0.5) is 0 Å². The van der Waals surface area contributed by atoms with Crippen LogP contribution in [0.25, 0.3) is 11.3 Å². The number of hydrogen-bond acceptors (Lipinski definition) is 2. The summed E-state index contributed by atoms with van der Waals surface area (Å²) in [5, 5.41) is 0. The first kappa shape index (κ1) is 9.28. The van der Waals surface area contributed by atoms with Crippen molar-refractivity contribution in [3.63, 3.8) is 0 Å². The molecule has 0 fully saturated rings. The van der Waals surface area contributed by atoms with Gasteiger partial charge in [0.25, 0.3) is 0 Å². The first-order valence-electron chi connectivity index (χ1n) is 4.45. The van der Waals surface area contributed by atoms with Crippen molar-refractivity contribution >= 4 is 11.6 Å².